The van der Waals surface area contributed by atoms with Crippen LogP contribution in [0.1, 0.15) is 25.8 Å². The first-order valence-electron chi connectivity index (χ1n) is 6.84. The third-order valence-electron chi connectivity index (χ3n) is 3.61. The van der Waals surface area contributed by atoms with Crippen molar-refractivity contribution >= 4 is 17.7 Å². The van der Waals surface area contributed by atoms with E-state index < -0.39 is 5.97 Å². The predicted octanol–water partition coefficient (Wildman–Crippen LogP) is 2.58. The van der Waals surface area contributed by atoms with E-state index in [0.29, 0.717) is 11.6 Å². The summed E-state index contributed by atoms with van der Waals surface area (Å²) in [4.78, 5) is 24.6. The molecule has 2 amide bonds. The third kappa shape index (κ3) is 3.50. The highest BCUT2D eigenvalue weighted by Gasteiger charge is 2.29. The van der Waals surface area contributed by atoms with Crippen molar-refractivity contribution < 1.29 is 14.7 Å². The molecule has 5 nitrogen and oxygen atoms in total. The molecule has 1 aliphatic rings. The van der Waals surface area contributed by atoms with Crippen molar-refractivity contribution in [2.24, 2.45) is 5.92 Å². The van der Waals surface area contributed by atoms with Crippen LogP contribution in [-0.4, -0.2) is 34.6 Å². The molecule has 2 N–H and O–H groups in total. The molecule has 1 fully saturated rings. The summed E-state index contributed by atoms with van der Waals surface area (Å²) >= 11 is 0. The number of hydrogen-bond donors (Lipinski definition) is 2. The number of anilines is 1. The Labute approximate surface area is 118 Å². The first-order chi connectivity index (χ1) is 9.45. The van der Waals surface area contributed by atoms with E-state index in [2.05, 4.69) is 19.2 Å². The number of carbonyl (C=O) groups excluding carboxylic acids is 1. The Kier molecular flexibility index (Phi) is 4.27. The molecule has 108 valence electrons. The number of nitrogens with one attached hydrogen (secondary N) is 1. The fraction of sp³-hybridized carbons (Fsp3) is 0.467. The van der Waals surface area contributed by atoms with Crippen molar-refractivity contribution in [3.8, 4) is 0 Å². The molecule has 1 aromatic rings. The molecule has 1 aliphatic heterocycles. The van der Waals surface area contributed by atoms with E-state index in [4.69, 9.17) is 5.11 Å². The second-order valence-corrected chi connectivity index (χ2v) is 5.54. The minimum absolute atomic E-state index is 0.00506. The number of amides is 2. The smallest absolute Gasteiger partial charge is 0.322 e. The number of likely N-dealkylation sites (tertiary alicyclic amines) is 1. The van der Waals surface area contributed by atoms with Gasteiger partial charge in [-0.1, -0.05) is 19.1 Å². The van der Waals surface area contributed by atoms with Crippen LogP contribution in [0.15, 0.2) is 24.3 Å². The van der Waals surface area contributed by atoms with Gasteiger partial charge in [0.05, 0.1) is 6.42 Å². The number of aliphatic carboxylic acids is 1. The van der Waals surface area contributed by atoms with Gasteiger partial charge in [-0.15, -0.1) is 0 Å². The first kappa shape index (κ1) is 14.4. The highest BCUT2D eigenvalue weighted by atomic mass is 16.4. The number of nitrogens with zero attached hydrogens (tertiary/aromatic N) is 1. The molecule has 0 aromatic heterocycles. The minimum Gasteiger partial charge on any atom is -0.481 e. The van der Waals surface area contributed by atoms with Crippen LogP contribution in [0.2, 0.25) is 0 Å². The summed E-state index contributed by atoms with van der Waals surface area (Å²) in [5.74, 6) is -0.324. The van der Waals surface area contributed by atoms with Gasteiger partial charge in [0.2, 0.25) is 0 Å². The highest BCUT2D eigenvalue weighted by molar-refractivity contribution is 5.89. The Hall–Kier alpha value is -2.04. The van der Waals surface area contributed by atoms with Gasteiger partial charge in [0.25, 0.3) is 0 Å². The maximum absolute atomic E-state index is 12.2. The molecule has 2 atom stereocenters. The molecule has 5 heteroatoms. The van der Waals surface area contributed by atoms with Crippen molar-refractivity contribution in [3.63, 3.8) is 0 Å². The lowest BCUT2D eigenvalue weighted by Crippen LogP contribution is -2.37. The molecule has 2 rings (SSSR count). The average Bonchev–Trinajstić information content (AvgIpc) is 2.70. The molecule has 1 heterocycles. The lowest BCUT2D eigenvalue weighted by atomic mass is 10.1. The predicted molar refractivity (Wildman–Crippen MR) is 76.7 cm³/mol. The average molecular weight is 276 g/mol. The molecule has 0 radical (unpaired) electrons. The van der Waals surface area contributed by atoms with Crippen molar-refractivity contribution in [2.75, 3.05) is 11.9 Å². The zero-order valence-corrected chi connectivity index (χ0v) is 11.8. The molecule has 2 unspecified atom stereocenters. The van der Waals surface area contributed by atoms with Crippen LogP contribution in [0.4, 0.5) is 10.5 Å². The van der Waals surface area contributed by atoms with Gasteiger partial charge in [-0.3, -0.25) is 4.79 Å². The number of rotatable bonds is 3. The quantitative estimate of drug-likeness (QED) is 0.891. The van der Waals surface area contributed by atoms with Crippen LogP contribution in [0.3, 0.4) is 0 Å². The Balaban J connectivity index is 1.96. The summed E-state index contributed by atoms with van der Waals surface area (Å²) in [6, 6.07) is 7.09. The van der Waals surface area contributed by atoms with E-state index in [0.717, 1.165) is 18.5 Å². The topological polar surface area (TPSA) is 69.6 Å². The Morgan fingerprint density at radius 3 is 2.45 bits per heavy atom. The monoisotopic (exact) mass is 276 g/mol. The molecular formula is C15H20N2O3. The van der Waals surface area contributed by atoms with E-state index in [-0.39, 0.29) is 18.5 Å². The molecule has 0 spiro atoms. The Morgan fingerprint density at radius 1 is 1.30 bits per heavy atom. The third-order valence-corrected chi connectivity index (χ3v) is 3.61. The van der Waals surface area contributed by atoms with Crippen molar-refractivity contribution in [3.05, 3.63) is 29.8 Å². The number of carboxylic acid groups (broad SMARTS) is 1. The minimum atomic E-state index is -0.860. The van der Waals surface area contributed by atoms with E-state index in [1.807, 2.05) is 4.90 Å². The van der Waals surface area contributed by atoms with Gasteiger partial charge in [-0.2, -0.15) is 0 Å². The van der Waals surface area contributed by atoms with Gasteiger partial charge in [0.15, 0.2) is 0 Å². The highest BCUT2D eigenvalue weighted by Crippen LogP contribution is 2.23. The summed E-state index contributed by atoms with van der Waals surface area (Å²) in [6.07, 6.45) is 1.03. The molecule has 20 heavy (non-hydrogen) atoms. The van der Waals surface area contributed by atoms with Crippen molar-refractivity contribution in [1.29, 1.82) is 0 Å². The zero-order valence-electron chi connectivity index (χ0n) is 11.8. The van der Waals surface area contributed by atoms with Gasteiger partial charge in [0.1, 0.15) is 0 Å². The van der Waals surface area contributed by atoms with Gasteiger partial charge < -0.3 is 15.3 Å². The van der Waals surface area contributed by atoms with E-state index in [1.165, 1.54) is 0 Å². The lowest BCUT2D eigenvalue weighted by molar-refractivity contribution is -0.136. The normalized spacial score (nSPS) is 21.8. The van der Waals surface area contributed by atoms with Gasteiger partial charge in [0, 0.05) is 18.3 Å². The molecule has 0 bridgehead atoms. The maximum atomic E-state index is 12.2. The molecule has 0 saturated carbocycles. The van der Waals surface area contributed by atoms with Crippen LogP contribution in [0.5, 0.6) is 0 Å². The van der Waals surface area contributed by atoms with Crippen LogP contribution in [-0.2, 0) is 11.2 Å². The number of benzene rings is 1. The van der Waals surface area contributed by atoms with Gasteiger partial charge in [-0.05, 0) is 37.0 Å². The maximum Gasteiger partial charge on any atom is 0.322 e. The van der Waals surface area contributed by atoms with E-state index in [1.54, 1.807) is 24.3 Å². The van der Waals surface area contributed by atoms with Gasteiger partial charge >= 0.3 is 12.0 Å². The Bertz CT molecular complexity index is 498. The fourth-order valence-electron chi connectivity index (χ4n) is 2.66. The molecular weight excluding hydrogens is 256 g/mol. The lowest BCUT2D eigenvalue weighted by Gasteiger charge is -2.22. The van der Waals surface area contributed by atoms with Crippen molar-refractivity contribution in [2.45, 2.75) is 32.7 Å². The van der Waals surface area contributed by atoms with Crippen LogP contribution in [0.25, 0.3) is 0 Å². The SMILES string of the molecule is CC1CC(C)N(C(=O)Nc2ccc(CC(=O)O)cc2)C1. The molecule has 1 aromatic carbocycles. The van der Waals surface area contributed by atoms with Crippen molar-refractivity contribution in [1.82, 2.24) is 4.90 Å². The van der Waals surface area contributed by atoms with Gasteiger partial charge in [-0.25, -0.2) is 4.79 Å². The summed E-state index contributed by atoms with van der Waals surface area (Å²) < 4.78 is 0. The fourth-order valence-corrected chi connectivity index (χ4v) is 2.66. The summed E-state index contributed by atoms with van der Waals surface area (Å²) in [5.41, 5.74) is 1.41. The number of carbonyl (C=O) groups is 2. The van der Waals surface area contributed by atoms with Crippen LogP contribution < -0.4 is 5.32 Å². The van der Waals surface area contributed by atoms with Crippen LogP contribution in [0, 0.1) is 5.92 Å². The summed E-state index contributed by atoms with van der Waals surface area (Å²) in [7, 11) is 0. The largest absolute Gasteiger partial charge is 0.481 e. The molecule has 0 aliphatic carbocycles. The van der Waals surface area contributed by atoms with Crippen LogP contribution >= 0.6 is 0 Å². The van der Waals surface area contributed by atoms with E-state index >= 15 is 0 Å². The number of carboxylic acids is 1. The molecule has 1 saturated heterocycles. The second-order valence-electron chi connectivity index (χ2n) is 5.54. The van der Waals surface area contributed by atoms with E-state index in [9.17, 15) is 9.59 Å². The number of hydrogen-bond acceptors (Lipinski definition) is 2. The number of urea groups is 1. The Morgan fingerprint density at radius 2 is 1.95 bits per heavy atom. The summed E-state index contributed by atoms with van der Waals surface area (Å²) in [5, 5.41) is 11.6. The standard InChI is InChI=1S/C15H20N2O3/c1-10-7-11(2)17(9-10)15(20)16-13-5-3-12(4-6-13)8-14(18)19/h3-6,10-11H,7-9H2,1-2H3,(H,16,20)(H,18,19). The summed E-state index contributed by atoms with van der Waals surface area (Å²) in [6.45, 7) is 4.98. The first-order valence-corrected chi connectivity index (χ1v) is 6.84. The zero-order chi connectivity index (χ0) is 14.7. The second kappa shape index (κ2) is 5.94.